The van der Waals surface area contributed by atoms with Crippen LogP contribution in [0.25, 0.3) is 0 Å². The highest BCUT2D eigenvalue weighted by atomic mass is 32.2. The molecule has 0 aliphatic carbocycles. The van der Waals surface area contributed by atoms with Crippen molar-refractivity contribution in [2.45, 2.75) is 20.3 Å². The van der Waals surface area contributed by atoms with Gasteiger partial charge in [0.15, 0.2) is 0 Å². The van der Waals surface area contributed by atoms with Crippen LogP contribution in [0, 0.1) is 0 Å². The molecule has 0 aromatic rings. The summed E-state index contributed by atoms with van der Waals surface area (Å²) in [6.45, 7) is 3.64. The van der Waals surface area contributed by atoms with Crippen LogP contribution in [0.2, 0.25) is 0 Å². The maximum atomic E-state index is 7.06. The lowest BCUT2D eigenvalue weighted by Crippen LogP contribution is -1.71. The molecule has 0 unspecified atom stereocenters. The first-order chi connectivity index (χ1) is 3.56. The fourth-order valence-corrected chi connectivity index (χ4v) is 0.612. The van der Waals surface area contributed by atoms with Gasteiger partial charge in [0, 0.05) is 2.74 Å². The highest BCUT2D eigenvalue weighted by molar-refractivity contribution is 7.99. The Hall–Kier alpha value is 0.350. The van der Waals surface area contributed by atoms with Crippen molar-refractivity contribution in [3.8, 4) is 0 Å². The van der Waals surface area contributed by atoms with Crippen LogP contribution in [-0.4, -0.2) is 11.5 Å². The van der Waals surface area contributed by atoms with E-state index in [1.165, 1.54) is 11.8 Å². The Kier molecular flexibility index (Phi) is 3.00. The third-order valence-electron chi connectivity index (χ3n) is 0.451. The molecule has 0 fully saturated rings. The van der Waals surface area contributed by atoms with E-state index in [0.29, 0.717) is 0 Å². The van der Waals surface area contributed by atoms with Gasteiger partial charge in [-0.05, 0) is 17.9 Å². The zero-order valence-electron chi connectivity index (χ0n) is 6.32. The highest BCUT2D eigenvalue weighted by Gasteiger charge is 1.74. The molecular weight excluding hydrogens is 92.1 g/mol. The second-order valence-electron chi connectivity index (χ2n) is 1.05. The van der Waals surface area contributed by atoms with Crippen LogP contribution in [0.15, 0.2) is 0 Å². The van der Waals surface area contributed by atoms with Gasteiger partial charge in [0.2, 0.25) is 0 Å². The molecule has 0 aromatic carbocycles. The minimum absolute atomic E-state index is 0.920. The summed E-state index contributed by atoms with van der Waals surface area (Å²) in [4.78, 5) is 0. The summed E-state index contributed by atoms with van der Waals surface area (Å²) in [6.07, 6.45) is 1.05. The predicted octanol–water partition coefficient (Wildman–Crippen LogP) is 2.15. The third-order valence-corrected chi connectivity index (χ3v) is 1.35. The van der Waals surface area contributed by atoms with E-state index in [0.717, 1.165) is 12.2 Å². The standard InChI is InChI=1S/C5H12S/c1-3-5-6-4-2/h3-5H2,1-2H3/i4D2. The average molecular weight is 106 g/mol. The van der Waals surface area contributed by atoms with E-state index in [1.807, 2.05) is 0 Å². The van der Waals surface area contributed by atoms with Crippen molar-refractivity contribution in [2.24, 2.45) is 0 Å². The van der Waals surface area contributed by atoms with Gasteiger partial charge in [0.05, 0.1) is 0 Å². The van der Waals surface area contributed by atoms with Gasteiger partial charge < -0.3 is 0 Å². The topological polar surface area (TPSA) is 0 Å². The SMILES string of the molecule is [2H]C([2H])(C)SCCC. The summed E-state index contributed by atoms with van der Waals surface area (Å²) >= 11 is 1.37. The summed E-state index contributed by atoms with van der Waals surface area (Å²) in [7, 11) is 0. The quantitative estimate of drug-likeness (QED) is 0.531. The van der Waals surface area contributed by atoms with E-state index in [-0.39, 0.29) is 0 Å². The Bertz CT molecular complexity index is 57.9. The molecule has 0 saturated carbocycles. The lowest BCUT2D eigenvalue weighted by atomic mass is 10.6. The normalized spacial score (nSPS) is 16.3. The Morgan fingerprint density at radius 1 is 1.67 bits per heavy atom. The molecule has 1 heteroatoms. The highest BCUT2D eigenvalue weighted by Crippen LogP contribution is 1.98. The first-order valence-corrected chi connectivity index (χ1v) is 3.19. The van der Waals surface area contributed by atoms with E-state index in [4.69, 9.17) is 2.74 Å². The molecule has 38 valence electrons. The molecule has 0 aliphatic heterocycles. The molecule has 0 rings (SSSR count). The fourth-order valence-electron chi connectivity index (χ4n) is 0.204. The van der Waals surface area contributed by atoms with Crippen LogP contribution in [0.4, 0.5) is 0 Å². The van der Waals surface area contributed by atoms with E-state index >= 15 is 0 Å². The second kappa shape index (κ2) is 5.35. The molecule has 6 heavy (non-hydrogen) atoms. The minimum Gasteiger partial charge on any atom is -0.162 e. The van der Waals surface area contributed by atoms with Gasteiger partial charge in [-0.1, -0.05) is 13.8 Å². The van der Waals surface area contributed by atoms with E-state index in [2.05, 4.69) is 6.92 Å². The molecule has 0 radical (unpaired) electrons. The van der Waals surface area contributed by atoms with Gasteiger partial charge in [-0.25, -0.2) is 0 Å². The van der Waals surface area contributed by atoms with Crippen molar-refractivity contribution in [3.63, 3.8) is 0 Å². The monoisotopic (exact) mass is 106 g/mol. The Balaban J connectivity index is 3.11. The maximum absolute atomic E-state index is 7.06. The third kappa shape index (κ3) is 4.35. The van der Waals surface area contributed by atoms with Gasteiger partial charge in [-0.15, -0.1) is 0 Å². The van der Waals surface area contributed by atoms with Gasteiger partial charge in [0.1, 0.15) is 0 Å². The molecule has 0 saturated heterocycles. The molecule has 0 bridgehead atoms. The zero-order chi connectivity index (χ0) is 6.62. The Labute approximate surface area is 47.1 Å². The molecule has 0 atom stereocenters. The van der Waals surface area contributed by atoms with Crippen molar-refractivity contribution >= 4 is 11.8 Å². The smallest absolute Gasteiger partial charge is 0.0377 e. The van der Waals surface area contributed by atoms with Crippen molar-refractivity contribution in [3.05, 3.63) is 0 Å². The van der Waals surface area contributed by atoms with Crippen LogP contribution >= 0.6 is 11.8 Å². The summed E-state index contributed by atoms with van der Waals surface area (Å²) in [5, 5.41) is 0. The molecule has 0 aromatic heterocycles. The van der Waals surface area contributed by atoms with Crippen molar-refractivity contribution < 1.29 is 2.74 Å². The van der Waals surface area contributed by atoms with Crippen LogP contribution in [0.3, 0.4) is 0 Å². The van der Waals surface area contributed by atoms with Crippen LogP contribution in [-0.2, 0) is 0 Å². The average Bonchev–Trinajstić information content (AvgIpc) is 1.59. The number of hydrogen-bond donors (Lipinski definition) is 0. The minimum atomic E-state index is -1.03. The summed E-state index contributed by atoms with van der Waals surface area (Å²) in [5.41, 5.74) is -1.03. The molecule has 0 nitrogen and oxygen atoms in total. The number of hydrogen-bond acceptors (Lipinski definition) is 1. The summed E-state index contributed by atoms with van der Waals surface area (Å²) in [6, 6.07) is 0. The lowest BCUT2D eigenvalue weighted by Gasteiger charge is -1.87. The Morgan fingerprint density at radius 2 is 2.33 bits per heavy atom. The molecule has 0 spiro atoms. The van der Waals surface area contributed by atoms with E-state index in [9.17, 15) is 0 Å². The van der Waals surface area contributed by atoms with Gasteiger partial charge >= 0.3 is 0 Å². The predicted molar refractivity (Wildman–Crippen MR) is 33.3 cm³/mol. The van der Waals surface area contributed by atoms with Crippen molar-refractivity contribution in [2.75, 3.05) is 11.5 Å². The molecular formula is C5H12S. The van der Waals surface area contributed by atoms with Crippen molar-refractivity contribution in [1.82, 2.24) is 0 Å². The molecule has 0 amide bonds. The first-order valence-electron chi connectivity index (χ1n) is 3.20. The van der Waals surface area contributed by atoms with E-state index in [1.54, 1.807) is 6.92 Å². The van der Waals surface area contributed by atoms with Crippen LogP contribution < -0.4 is 0 Å². The lowest BCUT2D eigenvalue weighted by molar-refractivity contribution is 1.11. The van der Waals surface area contributed by atoms with Gasteiger partial charge in [-0.2, -0.15) is 11.8 Å². The number of thioether (sulfide) groups is 1. The molecule has 0 heterocycles. The number of rotatable bonds is 3. The summed E-state index contributed by atoms with van der Waals surface area (Å²) in [5.74, 6) is 0.920. The van der Waals surface area contributed by atoms with Crippen LogP contribution in [0.1, 0.15) is 23.0 Å². The van der Waals surface area contributed by atoms with Crippen LogP contribution in [0.5, 0.6) is 0 Å². The molecule has 0 N–H and O–H groups in total. The van der Waals surface area contributed by atoms with E-state index < -0.39 is 5.70 Å². The first kappa shape index (κ1) is 3.36. The Morgan fingerprint density at radius 3 is 2.50 bits per heavy atom. The van der Waals surface area contributed by atoms with Crippen molar-refractivity contribution in [1.29, 1.82) is 0 Å². The van der Waals surface area contributed by atoms with Gasteiger partial charge in [0.25, 0.3) is 0 Å². The maximum Gasteiger partial charge on any atom is 0.0377 e. The molecule has 0 aliphatic rings. The second-order valence-corrected chi connectivity index (χ2v) is 2.16. The van der Waals surface area contributed by atoms with Gasteiger partial charge in [-0.3, -0.25) is 0 Å². The summed E-state index contributed by atoms with van der Waals surface area (Å²) < 4.78 is 14.1. The fraction of sp³-hybridized carbons (Fsp3) is 1.00. The zero-order valence-corrected chi connectivity index (χ0v) is 5.14. The largest absolute Gasteiger partial charge is 0.162 e.